The number of hydrogen-bond acceptors (Lipinski definition) is 2. The van der Waals surface area contributed by atoms with Gasteiger partial charge in [-0.25, -0.2) is 0 Å². The zero-order valence-corrected chi connectivity index (χ0v) is 11.4. The molecule has 0 saturated heterocycles. The van der Waals surface area contributed by atoms with Crippen LogP contribution in [0.25, 0.3) is 0 Å². The Morgan fingerprint density at radius 1 is 1.26 bits per heavy atom. The number of carbonyl (C=O) groups is 1. The molecular formula is C14H16N2O2S. The van der Waals surface area contributed by atoms with Gasteiger partial charge in [-0.15, -0.1) is 0 Å². The summed E-state index contributed by atoms with van der Waals surface area (Å²) in [6.07, 6.45) is 3.33. The Bertz CT molecular complexity index is 552. The van der Waals surface area contributed by atoms with Crippen LogP contribution in [0.15, 0.2) is 48.7 Å². The van der Waals surface area contributed by atoms with Gasteiger partial charge in [0.25, 0.3) is 5.91 Å². The van der Waals surface area contributed by atoms with Gasteiger partial charge in [0, 0.05) is 29.0 Å². The molecule has 2 N–H and O–H groups in total. The second-order valence-electron chi connectivity index (χ2n) is 4.26. The second-order valence-corrected chi connectivity index (χ2v) is 5.74. The van der Waals surface area contributed by atoms with E-state index in [0.29, 0.717) is 11.4 Å². The van der Waals surface area contributed by atoms with Crippen molar-refractivity contribution in [3.05, 3.63) is 59.9 Å². The van der Waals surface area contributed by atoms with Crippen LogP contribution in [0.2, 0.25) is 0 Å². The van der Waals surface area contributed by atoms with Crippen molar-refractivity contribution in [3.8, 4) is 0 Å². The number of amides is 1. The molecule has 1 heterocycles. The molecule has 0 fully saturated rings. The standard InChI is InChI=1S/C14H16N2O2S/c1-19(18)10-13(11-6-3-2-4-7-11)16-14(17)12-8-5-9-15-12/h2-9,13,15H,10H2,1H3,(H,16,17)/t13-,19+/m0/s1. The van der Waals surface area contributed by atoms with Crippen molar-refractivity contribution in [2.75, 3.05) is 12.0 Å². The molecule has 2 aromatic rings. The third-order valence-corrected chi connectivity index (χ3v) is 3.55. The highest BCUT2D eigenvalue weighted by molar-refractivity contribution is 7.84. The number of hydrogen-bond donors (Lipinski definition) is 2. The fraction of sp³-hybridized carbons (Fsp3) is 0.214. The molecule has 2 atom stereocenters. The molecule has 0 unspecified atom stereocenters. The Morgan fingerprint density at radius 3 is 2.58 bits per heavy atom. The van der Waals surface area contributed by atoms with Gasteiger partial charge in [0.05, 0.1) is 6.04 Å². The first kappa shape index (κ1) is 13.5. The molecule has 0 radical (unpaired) electrons. The molecule has 0 aliphatic carbocycles. The van der Waals surface area contributed by atoms with Crippen molar-refractivity contribution in [1.82, 2.24) is 10.3 Å². The lowest BCUT2D eigenvalue weighted by Gasteiger charge is -2.17. The Morgan fingerprint density at radius 2 is 2.00 bits per heavy atom. The van der Waals surface area contributed by atoms with Crippen LogP contribution < -0.4 is 5.32 Å². The van der Waals surface area contributed by atoms with Gasteiger partial charge in [-0.1, -0.05) is 30.3 Å². The largest absolute Gasteiger partial charge is 0.357 e. The molecule has 1 aromatic carbocycles. The number of aromatic amines is 1. The minimum absolute atomic E-state index is 0.190. The monoisotopic (exact) mass is 276 g/mol. The van der Waals surface area contributed by atoms with Gasteiger partial charge in [-0.3, -0.25) is 9.00 Å². The first-order valence-electron chi connectivity index (χ1n) is 5.96. The Balaban J connectivity index is 2.15. The summed E-state index contributed by atoms with van der Waals surface area (Å²) < 4.78 is 11.4. The van der Waals surface area contributed by atoms with Crippen LogP contribution in [0.4, 0.5) is 0 Å². The lowest BCUT2D eigenvalue weighted by atomic mass is 10.1. The molecule has 1 amide bonds. The van der Waals surface area contributed by atoms with Crippen LogP contribution in [0.1, 0.15) is 22.1 Å². The van der Waals surface area contributed by atoms with E-state index in [0.717, 1.165) is 5.56 Å². The predicted octanol–water partition coefficient (Wildman–Crippen LogP) is 1.86. The molecule has 5 heteroatoms. The lowest BCUT2D eigenvalue weighted by Crippen LogP contribution is -2.32. The molecule has 0 bridgehead atoms. The molecule has 2 rings (SSSR count). The molecule has 19 heavy (non-hydrogen) atoms. The van der Waals surface area contributed by atoms with Crippen LogP contribution in [0.3, 0.4) is 0 Å². The summed E-state index contributed by atoms with van der Waals surface area (Å²) in [6.45, 7) is 0. The number of rotatable bonds is 5. The summed E-state index contributed by atoms with van der Waals surface area (Å²) in [7, 11) is -0.984. The normalized spacial score (nSPS) is 13.7. The first-order valence-corrected chi connectivity index (χ1v) is 7.69. The molecule has 0 aliphatic rings. The van der Waals surface area contributed by atoms with Crippen molar-refractivity contribution in [3.63, 3.8) is 0 Å². The van der Waals surface area contributed by atoms with E-state index >= 15 is 0 Å². The van der Waals surface area contributed by atoms with Gasteiger partial charge in [0.1, 0.15) is 5.69 Å². The Kier molecular flexibility index (Phi) is 4.52. The van der Waals surface area contributed by atoms with Gasteiger partial charge in [0.2, 0.25) is 0 Å². The molecular weight excluding hydrogens is 260 g/mol. The Labute approximate surface area is 114 Å². The first-order chi connectivity index (χ1) is 9.16. The number of carbonyl (C=O) groups excluding carboxylic acids is 1. The summed E-state index contributed by atoms with van der Waals surface area (Å²) in [5.41, 5.74) is 1.46. The van der Waals surface area contributed by atoms with Gasteiger partial charge < -0.3 is 10.3 Å². The summed E-state index contributed by atoms with van der Waals surface area (Å²) in [5.74, 6) is 0.209. The third-order valence-electron chi connectivity index (χ3n) is 2.75. The van der Waals surface area contributed by atoms with Crippen LogP contribution >= 0.6 is 0 Å². The van der Waals surface area contributed by atoms with Crippen LogP contribution in [0, 0.1) is 0 Å². The molecule has 4 nitrogen and oxygen atoms in total. The minimum Gasteiger partial charge on any atom is -0.357 e. The average molecular weight is 276 g/mol. The van der Waals surface area contributed by atoms with Crippen LogP contribution in [0.5, 0.6) is 0 Å². The van der Waals surface area contributed by atoms with Crippen molar-refractivity contribution >= 4 is 16.7 Å². The maximum absolute atomic E-state index is 12.0. The topological polar surface area (TPSA) is 62.0 Å². The highest BCUT2D eigenvalue weighted by Crippen LogP contribution is 2.14. The van der Waals surface area contributed by atoms with E-state index in [-0.39, 0.29) is 11.9 Å². The number of benzene rings is 1. The number of aromatic nitrogens is 1. The quantitative estimate of drug-likeness (QED) is 0.875. The van der Waals surface area contributed by atoms with E-state index < -0.39 is 10.8 Å². The van der Waals surface area contributed by atoms with Crippen molar-refractivity contribution in [1.29, 1.82) is 0 Å². The molecule has 0 saturated carbocycles. The predicted molar refractivity (Wildman–Crippen MR) is 76.4 cm³/mol. The minimum atomic E-state index is -0.984. The van der Waals surface area contributed by atoms with Crippen LogP contribution in [-0.2, 0) is 10.8 Å². The van der Waals surface area contributed by atoms with Crippen molar-refractivity contribution < 1.29 is 9.00 Å². The van der Waals surface area contributed by atoms with E-state index in [1.165, 1.54) is 0 Å². The molecule has 1 aromatic heterocycles. The van der Waals surface area contributed by atoms with Gasteiger partial charge in [0.15, 0.2) is 0 Å². The lowest BCUT2D eigenvalue weighted by molar-refractivity contribution is 0.0936. The molecule has 0 spiro atoms. The number of nitrogens with one attached hydrogen (secondary N) is 2. The maximum atomic E-state index is 12.0. The van der Waals surface area contributed by atoms with Gasteiger partial charge >= 0.3 is 0 Å². The molecule has 0 aliphatic heterocycles. The van der Waals surface area contributed by atoms with E-state index in [1.54, 1.807) is 24.6 Å². The average Bonchev–Trinajstić information content (AvgIpc) is 2.92. The zero-order chi connectivity index (χ0) is 13.7. The second kappa shape index (κ2) is 6.33. The Hall–Kier alpha value is -1.88. The smallest absolute Gasteiger partial charge is 0.268 e. The van der Waals surface area contributed by atoms with E-state index in [9.17, 15) is 9.00 Å². The highest BCUT2D eigenvalue weighted by Gasteiger charge is 2.17. The van der Waals surface area contributed by atoms with E-state index in [4.69, 9.17) is 0 Å². The molecule has 100 valence electrons. The fourth-order valence-electron chi connectivity index (χ4n) is 1.85. The highest BCUT2D eigenvalue weighted by atomic mass is 32.2. The van der Waals surface area contributed by atoms with Crippen LogP contribution in [-0.4, -0.2) is 27.1 Å². The number of H-pyrrole nitrogens is 1. The van der Waals surface area contributed by atoms with Crippen molar-refractivity contribution in [2.45, 2.75) is 6.04 Å². The summed E-state index contributed by atoms with van der Waals surface area (Å²) in [4.78, 5) is 14.9. The van der Waals surface area contributed by atoms with Crippen molar-refractivity contribution in [2.24, 2.45) is 0 Å². The fourth-order valence-corrected chi connectivity index (χ4v) is 2.59. The van der Waals surface area contributed by atoms with Gasteiger partial charge in [-0.05, 0) is 17.7 Å². The SMILES string of the molecule is C[S@@](=O)C[C@H](NC(=O)c1ccc[nH]1)c1ccccc1. The maximum Gasteiger partial charge on any atom is 0.268 e. The summed E-state index contributed by atoms with van der Waals surface area (Å²) >= 11 is 0. The summed E-state index contributed by atoms with van der Waals surface area (Å²) in [5, 5.41) is 2.90. The van der Waals surface area contributed by atoms with E-state index in [2.05, 4.69) is 10.3 Å². The zero-order valence-electron chi connectivity index (χ0n) is 10.6. The van der Waals surface area contributed by atoms with Gasteiger partial charge in [-0.2, -0.15) is 0 Å². The third kappa shape index (κ3) is 3.79. The van der Waals surface area contributed by atoms with E-state index in [1.807, 2.05) is 30.3 Å². The summed E-state index contributed by atoms with van der Waals surface area (Å²) in [6, 6.07) is 12.8.